The first kappa shape index (κ1) is 16.5. The largest absolute Gasteiger partial charge is 0.339 e. The lowest BCUT2D eigenvalue weighted by Gasteiger charge is -2.27. The highest BCUT2D eigenvalue weighted by atomic mass is 16.1. The van der Waals surface area contributed by atoms with Gasteiger partial charge in [-0.3, -0.25) is 4.79 Å². The van der Waals surface area contributed by atoms with E-state index in [4.69, 9.17) is 0 Å². The van der Waals surface area contributed by atoms with Gasteiger partial charge in [0.15, 0.2) is 0 Å². The van der Waals surface area contributed by atoms with Crippen molar-refractivity contribution < 1.29 is 4.79 Å². The molecule has 1 aliphatic heterocycles. The van der Waals surface area contributed by atoms with E-state index in [-0.39, 0.29) is 5.91 Å². The van der Waals surface area contributed by atoms with Crippen LogP contribution in [0.3, 0.4) is 0 Å². The van der Waals surface area contributed by atoms with Gasteiger partial charge in [-0.1, -0.05) is 38.1 Å². The normalized spacial score (nSPS) is 13.3. The third kappa shape index (κ3) is 3.29. The van der Waals surface area contributed by atoms with Crippen LogP contribution in [0.5, 0.6) is 0 Å². The standard InChI is InChI=1S/C20H25N3O/c1-3-22(4-2)14-9-15-23-18-12-7-5-10-16(18)20(24)21-17-11-6-8-13-19(17)23/h5-8,10-13H,3-4,9,14-15H2,1-2H3,(H,21,24). The Labute approximate surface area is 144 Å². The Hall–Kier alpha value is -2.33. The molecule has 2 aromatic rings. The Kier molecular flexibility index (Phi) is 5.16. The van der Waals surface area contributed by atoms with Gasteiger partial charge in [-0.15, -0.1) is 0 Å². The van der Waals surface area contributed by atoms with Crippen molar-refractivity contribution in [3.63, 3.8) is 0 Å². The molecule has 0 radical (unpaired) electrons. The van der Waals surface area contributed by atoms with E-state index < -0.39 is 0 Å². The molecule has 1 amide bonds. The van der Waals surface area contributed by atoms with Crippen molar-refractivity contribution in [1.82, 2.24) is 4.90 Å². The molecule has 1 N–H and O–H groups in total. The Morgan fingerprint density at radius 2 is 1.62 bits per heavy atom. The Bertz CT molecular complexity index is 710. The summed E-state index contributed by atoms with van der Waals surface area (Å²) in [5.41, 5.74) is 3.66. The molecule has 0 atom stereocenters. The van der Waals surface area contributed by atoms with Crippen LogP contribution in [0.4, 0.5) is 17.1 Å². The molecule has 0 aliphatic carbocycles. The van der Waals surface area contributed by atoms with Crippen LogP contribution < -0.4 is 10.2 Å². The number of para-hydroxylation sites is 3. The monoisotopic (exact) mass is 323 g/mol. The number of hydrogen-bond donors (Lipinski definition) is 1. The maximum absolute atomic E-state index is 12.5. The summed E-state index contributed by atoms with van der Waals surface area (Å²) >= 11 is 0. The molecule has 2 aromatic carbocycles. The van der Waals surface area contributed by atoms with Gasteiger partial charge in [0, 0.05) is 6.54 Å². The molecule has 4 nitrogen and oxygen atoms in total. The summed E-state index contributed by atoms with van der Waals surface area (Å²) in [4.78, 5) is 17.2. The quantitative estimate of drug-likeness (QED) is 0.868. The molecular weight excluding hydrogens is 298 g/mol. The Balaban J connectivity index is 1.91. The third-order valence-electron chi connectivity index (χ3n) is 4.63. The number of rotatable bonds is 6. The van der Waals surface area contributed by atoms with Gasteiger partial charge >= 0.3 is 0 Å². The molecule has 0 aromatic heterocycles. The summed E-state index contributed by atoms with van der Waals surface area (Å²) in [5.74, 6) is -0.0377. The van der Waals surface area contributed by atoms with Crippen molar-refractivity contribution in [2.24, 2.45) is 0 Å². The van der Waals surface area contributed by atoms with Gasteiger partial charge in [-0.25, -0.2) is 0 Å². The minimum atomic E-state index is -0.0377. The summed E-state index contributed by atoms with van der Waals surface area (Å²) in [6, 6.07) is 15.9. The highest BCUT2D eigenvalue weighted by Crippen LogP contribution is 2.37. The van der Waals surface area contributed by atoms with Crippen LogP contribution in [0.2, 0.25) is 0 Å². The van der Waals surface area contributed by atoms with Crippen LogP contribution in [0.1, 0.15) is 30.6 Å². The van der Waals surface area contributed by atoms with Gasteiger partial charge in [0.25, 0.3) is 5.91 Å². The number of nitrogens with one attached hydrogen (secondary N) is 1. The molecule has 126 valence electrons. The molecule has 0 saturated heterocycles. The minimum Gasteiger partial charge on any atom is -0.339 e. The number of benzene rings is 2. The van der Waals surface area contributed by atoms with Gasteiger partial charge in [0.05, 0.1) is 22.6 Å². The summed E-state index contributed by atoms with van der Waals surface area (Å²) in [6.07, 6.45) is 1.05. The highest BCUT2D eigenvalue weighted by Gasteiger charge is 2.24. The van der Waals surface area contributed by atoms with Gasteiger partial charge in [0.1, 0.15) is 0 Å². The summed E-state index contributed by atoms with van der Waals surface area (Å²) < 4.78 is 0. The first-order valence-corrected chi connectivity index (χ1v) is 8.74. The maximum atomic E-state index is 12.5. The van der Waals surface area contributed by atoms with Crippen molar-refractivity contribution in [2.45, 2.75) is 20.3 Å². The van der Waals surface area contributed by atoms with E-state index in [9.17, 15) is 4.79 Å². The van der Waals surface area contributed by atoms with Crippen molar-refractivity contribution in [3.8, 4) is 0 Å². The van der Waals surface area contributed by atoms with Gasteiger partial charge in [-0.2, -0.15) is 0 Å². The lowest BCUT2D eigenvalue weighted by molar-refractivity contribution is 0.102. The number of carbonyl (C=O) groups is 1. The number of nitrogens with zero attached hydrogens (tertiary/aromatic N) is 2. The zero-order valence-corrected chi connectivity index (χ0v) is 14.5. The zero-order valence-electron chi connectivity index (χ0n) is 14.5. The van der Waals surface area contributed by atoms with Crippen LogP contribution in [-0.2, 0) is 0 Å². The van der Waals surface area contributed by atoms with E-state index in [1.807, 2.05) is 42.5 Å². The maximum Gasteiger partial charge on any atom is 0.257 e. The second-order valence-electron chi connectivity index (χ2n) is 6.02. The predicted molar refractivity (Wildman–Crippen MR) is 100 cm³/mol. The van der Waals surface area contributed by atoms with Crippen molar-refractivity contribution in [2.75, 3.05) is 36.4 Å². The molecular formula is C20H25N3O. The lowest BCUT2D eigenvalue weighted by Crippen LogP contribution is -2.28. The molecule has 3 rings (SSSR count). The Morgan fingerprint density at radius 1 is 0.958 bits per heavy atom. The zero-order chi connectivity index (χ0) is 16.9. The molecule has 0 bridgehead atoms. The second kappa shape index (κ2) is 7.49. The van der Waals surface area contributed by atoms with E-state index >= 15 is 0 Å². The third-order valence-corrected chi connectivity index (χ3v) is 4.63. The molecule has 0 spiro atoms. The molecule has 1 aliphatic rings. The first-order chi connectivity index (χ1) is 11.7. The molecule has 0 saturated carbocycles. The van der Waals surface area contributed by atoms with Crippen LogP contribution in [0, 0.1) is 0 Å². The molecule has 0 fully saturated rings. The minimum absolute atomic E-state index is 0.0377. The summed E-state index contributed by atoms with van der Waals surface area (Å²) in [5, 5.41) is 3.04. The summed E-state index contributed by atoms with van der Waals surface area (Å²) in [7, 11) is 0. The van der Waals surface area contributed by atoms with E-state index in [0.29, 0.717) is 0 Å². The summed E-state index contributed by atoms with van der Waals surface area (Å²) in [6.45, 7) is 8.49. The highest BCUT2D eigenvalue weighted by molar-refractivity contribution is 6.12. The van der Waals surface area contributed by atoms with E-state index in [2.05, 4.69) is 35.0 Å². The average molecular weight is 323 g/mol. The van der Waals surface area contributed by atoms with Gasteiger partial charge in [-0.05, 0) is 50.3 Å². The van der Waals surface area contributed by atoms with Crippen LogP contribution in [0.15, 0.2) is 48.5 Å². The number of amides is 1. The van der Waals surface area contributed by atoms with E-state index in [1.165, 1.54) is 0 Å². The fourth-order valence-corrected chi connectivity index (χ4v) is 3.27. The van der Waals surface area contributed by atoms with E-state index in [0.717, 1.165) is 55.2 Å². The van der Waals surface area contributed by atoms with Gasteiger partial charge in [0.2, 0.25) is 0 Å². The average Bonchev–Trinajstić information content (AvgIpc) is 2.74. The number of anilines is 3. The van der Waals surface area contributed by atoms with Crippen LogP contribution >= 0.6 is 0 Å². The SMILES string of the molecule is CCN(CC)CCCN1c2ccccc2NC(=O)c2ccccc21. The van der Waals surface area contributed by atoms with Crippen LogP contribution in [0.25, 0.3) is 0 Å². The second-order valence-corrected chi connectivity index (χ2v) is 6.02. The molecule has 24 heavy (non-hydrogen) atoms. The molecule has 1 heterocycles. The fraction of sp³-hybridized carbons (Fsp3) is 0.350. The lowest BCUT2D eigenvalue weighted by atomic mass is 10.1. The number of carbonyl (C=O) groups excluding carboxylic acids is 1. The fourth-order valence-electron chi connectivity index (χ4n) is 3.27. The van der Waals surface area contributed by atoms with Crippen molar-refractivity contribution >= 4 is 23.0 Å². The van der Waals surface area contributed by atoms with Crippen LogP contribution in [-0.4, -0.2) is 37.0 Å². The number of hydrogen-bond acceptors (Lipinski definition) is 3. The van der Waals surface area contributed by atoms with E-state index in [1.54, 1.807) is 0 Å². The smallest absolute Gasteiger partial charge is 0.257 e. The van der Waals surface area contributed by atoms with Crippen molar-refractivity contribution in [3.05, 3.63) is 54.1 Å². The molecule has 4 heteroatoms. The number of fused-ring (bicyclic) bond motifs is 2. The topological polar surface area (TPSA) is 35.6 Å². The first-order valence-electron chi connectivity index (χ1n) is 8.74. The molecule has 0 unspecified atom stereocenters. The van der Waals surface area contributed by atoms with Crippen molar-refractivity contribution in [1.29, 1.82) is 0 Å². The Morgan fingerprint density at radius 3 is 2.38 bits per heavy atom. The van der Waals surface area contributed by atoms with Gasteiger partial charge < -0.3 is 15.1 Å². The predicted octanol–water partition coefficient (Wildman–Crippen LogP) is 4.12.